The Labute approximate surface area is 138 Å². The van der Waals surface area contributed by atoms with E-state index in [0.29, 0.717) is 6.61 Å². The van der Waals surface area contributed by atoms with Gasteiger partial charge >= 0.3 is 0 Å². The van der Waals surface area contributed by atoms with Crippen LogP contribution in [0.25, 0.3) is 0 Å². The minimum Gasteiger partial charge on any atom is -0.384 e. The lowest BCUT2D eigenvalue weighted by molar-refractivity contribution is -0.130. The van der Waals surface area contributed by atoms with Crippen molar-refractivity contribution in [3.63, 3.8) is 0 Å². The normalized spacial score (nSPS) is 16.8. The molecule has 1 fully saturated rings. The van der Waals surface area contributed by atoms with Crippen molar-refractivity contribution in [3.8, 4) is 0 Å². The number of aromatic nitrogens is 1. The van der Waals surface area contributed by atoms with Crippen LogP contribution in [0.15, 0.2) is 18.3 Å². The molecule has 0 saturated carbocycles. The maximum Gasteiger partial charge on any atom is 0.233 e. The van der Waals surface area contributed by atoms with Gasteiger partial charge in [0.25, 0.3) is 0 Å². The second kappa shape index (κ2) is 8.26. The van der Waals surface area contributed by atoms with Gasteiger partial charge < -0.3 is 20.3 Å². The fourth-order valence-corrected chi connectivity index (χ4v) is 3.08. The molecule has 128 valence electrons. The first-order chi connectivity index (χ1) is 11.1. The van der Waals surface area contributed by atoms with Crippen LogP contribution in [0.3, 0.4) is 0 Å². The van der Waals surface area contributed by atoms with Gasteiger partial charge in [-0.25, -0.2) is 4.98 Å². The van der Waals surface area contributed by atoms with Gasteiger partial charge in [-0.1, -0.05) is 0 Å². The smallest absolute Gasteiger partial charge is 0.233 e. The molecule has 2 N–H and O–H groups in total. The molecule has 2 rings (SSSR count). The lowest BCUT2D eigenvalue weighted by Crippen LogP contribution is -2.47. The van der Waals surface area contributed by atoms with E-state index in [4.69, 9.17) is 4.74 Å². The number of anilines is 2. The predicted molar refractivity (Wildman–Crippen MR) is 92.8 cm³/mol. The van der Waals surface area contributed by atoms with Gasteiger partial charge in [0, 0.05) is 20.2 Å². The van der Waals surface area contributed by atoms with Gasteiger partial charge in [-0.3, -0.25) is 4.79 Å². The van der Waals surface area contributed by atoms with Gasteiger partial charge in [0.2, 0.25) is 5.91 Å². The first-order valence-electron chi connectivity index (χ1n) is 8.37. The molecule has 23 heavy (non-hydrogen) atoms. The number of rotatable bonds is 7. The van der Waals surface area contributed by atoms with E-state index in [1.165, 1.54) is 0 Å². The lowest BCUT2D eigenvalue weighted by atomic mass is 9.78. The maximum absolute atomic E-state index is 12.8. The van der Waals surface area contributed by atoms with Crippen LogP contribution in [0, 0.1) is 5.41 Å². The second-order valence-corrected chi connectivity index (χ2v) is 5.99. The van der Waals surface area contributed by atoms with E-state index in [1.54, 1.807) is 13.3 Å². The quantitative estimate of drug-likeness (QED) is 0.803. The van der Waals surface area contributed by atoms with Gasteiger partial charge in [-0.2, -0.15) is 0 Å². The summed E-state index contributed by atoms with van der Waals surface area (Å²) in [7, 11) is 1.65. The summed E-state index contributed by atoms with van der Waals surface area (Å²) >= 11 is 0. The molecule has 2 heterocycles. The Kier molecular flexibility index (Phi) is 6.36. The third kappa shape index (κ3) is 4.20. The molecule has 6 heteroatoms. The molecule has 1 aliphatic rings. The largest absolute Gasteiger partial charge is 0.384 e. The van der Waals surface area contributed by atoms with Crippen LogP contribution in [0.5, 0.6) is 0 Å². The molecule has 1 saturated heterocycles. The van der Waals surface area contributed by atoms with Crippen LogP contribution in [0.4, 0.5) is 11.5 Å². The Morgan fingerprint density at radius 2 is 2.04 bits per heavy atom. The SMILES string of the molecule is CCN(CC)c1ccc(NC(=O)C2(COC)CCNCC2)cn1. The summed E-state index contributed by atoms with van der Waals surface area (Å²) < 4.78 is 5.31. The molecule has 1 aromatic heterocycles. The van der Waals surface area contributed by atoms with Crippen molar-refractivity contribution in [3.05, 3.63) is 18.3 Å². The number of pyridine rings is 1. The van der Waals surface area contributed by atoms with Gasteiger partial charge in [-0.15, -0.1) is 0 Å². The molecule has 0 aromatic carbocycles. The number of nitrogens with zero attached hydrogens (tertiary/aromatic N) is 2. The first-order valence-corrected chi connectivity index (χ1v) is 8.37. The van der Waals surface area contributed by atoms with Crippen molar-refractivity contribution in [1.29, 1.82) is 0 Å². The lowest BCUT2D eigenvalue weighted by Gasteiger charge is -2.35. The molecular weight excluding hydrogens is 292 g/mol. The topological polar surface area (TPSA) is 66.5 Å². The van der Waals surface area contributed by atoms with Crippen LogP contribution in [0.2, 0.25) is 0 Å². The Hall–Kier alpha value is -1.66. The molecule has 0 radical (unpaired) electrons. The van der Waals surface area contributed by atoms with Crippen molar-refractivity contribution in [2.75, 3.05) is 50.1 Å². The number of piperidine rings is 1. The van der Waals surface area contributed by atoms with E-state index in [-0.39, 0.29) is 5.91 Å². The summed E-state index contributed by atoms with van der Waals surface area (Å²) in [6.45, 7) is 8.18. The van der Waals surface area contributed by atoms with Crippen LogP contribution in [-0.2, 0) is 9.53 Å². The van der Waals surface area contributed by atoms with E-state index in [1.807, 2.05) is 12.1 Å². The molecule has 0 aliphatic carbocycles. The average Bonchev–Trinajstić information content (AvgIpc) is 2.58. The third-order valence-corrected chi connectivity index (χ3v) is 4.56. The molecular formula is C17H28N4O2. The molecule has 0 unspecified atom stereocenters. The molecule has 6 nitrogen and oxygen atoms in total. The highest BCUT2D eigenvalue weighted by Crippen LogP contribution is 2.31. The van der Waals surface area contributed by atoms with Crippen molar-refractivity contribution >= 4 is 17.4 Å². The minimum atomic E-state index is -0.447. The number of carbonyl (C=O) groups is 1. The van der Waals surface area contributed by atoms with Crippen molar-refractivity contribution in [2.45, 2.75) is 26.7 Å². The van der Waals surface area contributed by atoms with Crippen molar-refractivity contribution in [2.24, 2.45) is 5.41 Å². The fourth-order valence-electron chi connectivity index (χ4n) is 3.08. The molecule has 0 spiro atoms. The maximum atomic E-state index is 12.8. The Morgan fingerprint density at radius 3 is 2.57 bits per heavy atom. The highest BCUT2D eigenvalue weighted by Gasteiger charge is 2.39. The Balaban J connectivity index is 2.06. The zero-order valence-corrected chi connectivity index (χ0v) is 14.4. The van der Waals surface area contributed by atoms with Gasteiger partial charge in [-0.05, 0) is 51.9 Å². The van der Waals surface area contributed by atoms with Crippen molar-refractivity contribution in [1.82, 2.24) is 10.3 Å². The van der Waals surface area contributed by atoms with E-state index in [0.717, 1.165) is 50.5 Å². The average molecular weight is 320 g/mol. The Bertz CT molecular complexity index is 488. The molecule has 1 aliphatic heterocycles. The second-order valence-electron chi connectivity index (χ2n) is 5.99. The van der Waals surface area contributed by atoms with E-state index in [9.17, 15) is 4.79 Å². The standard InChI is InChI=1S/C17H28N4O2/c1-4-21(5-2)15-7-6-14(12-19-15)20-16(22)17(13-23-3)8-10-18-11-9-17/h6-7,12,18H,4-5,8-11,13H2,1-3H3,(H,20,22). The molecule has 0 atom stereocenters. The third-order valence-electron chi connectivity index (χ3n) is 4.56. The predicted octanol–water partition coefficient (Wildman–Crippen LogP) is 1.88. The fraction of sp³-hybridized carbons (Fsp3) is 0.647. The van der Waals surface area contributed by atoms with Gasteiger partial charge in [0.05, 0.1) is 23.9 Å². The summed E-state index contributed by atoms with van der Waals surface area (Å²) in [4.78, 5) is 19.4. The van der Waals surface area contributed by atoms with Crippen LogP contribution >= 0.6 is 0 Å². The van der Waals surface area contributed by atoms with Crippen LogP contribution < -0.4 is 15.5 Å². The van der Waals surface area contributed by atoms with Crippen LogP contribution in [-0.4, -0.2) is 50.8 Å². The minimum absolute atomic E-state index is 0.0261. The summed E-state index contributed by atoms with van der Waals surface area (Å²) in [6.07, 6.45) is 3.31. The number of methoxy groups -OCH3 is 1. The van der Waals surface area contributed by atoms with E-state index < -0.39 is 5.41 Å². The highest BCUT2D eigenvalue weighted by molar-refractivity contribution is 5.95. The Morgan fingerprint density at radius 1 is 1.35 bits per heavy atom. The summed E-state index contributed by atoms with van der Waals surface area (Å²) in [5.74, 6) is 0.958. The number of amides is 1. The zero-order chi connectivity index (χ0) is 16.7. The first kappa shape index (κ1) is 17.7. The zero-order valence-electron chi connectivity index (χ0n) is 14.4. The number of ether oxygens (including phenoxy) is 1. The molecule has 0 bridgehead atoms. The van der Waals surface area contributed by atoms with E-state index in [2.05, 4.69) is 34.4 Å². The van der Waals surface area contributed by atoms with Crippen LogP contribution in [0.1, 0.15) is 26.7 Å². The molecule has 1 amide bonds. The van der Waals surface area contributed by atoms with Crippen molar-refractivity contribution < 1.29 is 9.53 Å². The highest BCUT2D eigenvalue weighted by atomic mass is 16.5. The van der Waals surface area contributed by atoms with Gasteiger partial charge in [0.1, 0.15) is 5.82 Å². The van der Waals surface area contributed by atoms with E-state index >= 15 is 0 Å². The number of hydrogen-bond acceptors (Lipinski definition) is 5. The number of nitrogens with one attached hydrogen (secondary N) is 2. The number of carbonyl (C=O) groups excluding carboxylic acids is 1. The van der Waals surface area contributed by atoms with Gasteiger partial charge in [0.15, 0.2) is 0 Å². The summed E-state index contributed by atoms with van der Waals surface area (Å²) in [5.41, 5.74) is 0.289. The summed E-state index contributed by atoms with van der Waals surface area (Å²) in [6, 6.07) is 3.87. The summed E-state index contributed by atoms with van der Waals surface area (Å²) in [5, 5.41) is 6.31. The number of hydrogen-bond donors (Lipinski definition) is 2. The molecule has 1 aromatic rings. The monoisotopic (exact) mass is 320 g/mol.